The lowest BCUT2D eigenvalue weighted by atomic mass is 10.3. The van der Waals surface area contributed by atoms with Crippen molar-refractivity contribution in [2.45, 2.75) is 13.0 Å². The number of rotatable bonds is 2. The largest absolute Gasteiger partial charge is 0.367 e. The fraction of sp³-hybridized carbons (Fsp3) is 0.625. The van der Waals surface area contributed by atoms with Gasteiger partial charge in [-0.2, -0.15) is 0 Å². The first-order chi connectivity index (χ1) is 5.68. The SMILES string of the molecule is Cc1nc(N(C)C)sc1C1CO1. The summed E-state index contributed by atoms with van der Waals surface area (Å²) < 4.78 is 5.22. The fourth-order valence-electron chi connectivity index (χ4n) is 1.08. The van der Waals surface area contributed by atoms with Crippen LogP contribution in [0.5, 0.6) is 0 Å². The van der Waals surface area contributed by atoms with E-state index in [0.29, 0.717) is 6.10 Å². The molecule has 0 amide bonds. The molecule has 66 valence electrons. The highest BCUT2D eigenvalue weighted by molar-refractivity contribution is 7.15. The molecule has 0 aromatic carbocycles. The van der Waals surface area contributed by atoms with Crippen LogP contribution in [0.1, 0.15) is 16.7 Å². The van der Waals surface area contributed by atoms with E-state index < -0.39 is 0 Å². The molecule has 1 aromatic heterocycles. The molecule has 1 fully saturated rings. The van der Waals surface area contributed by atoms with Crippen LogP contribution in [-0.2, 0) is 4.74 Å². The zero-order valence-corrected chi connectivity index (χ0v) is 8.31. The minimum absolute atomic E-state index is 0.344. The average molecular weight is 184 g/mol. The molecule has 1 atom stereocenters. The smallest absolute Gasteiger partial charge is 0.185 e. The number of aryl methyl sites for hydroxylation is 1. The second-order valence-electron chi connectivity index (χ2n) is 3.16. The predicted molar refractivity (Wildman–Crippen MR) is 49.9 cm³/mol. The van der Waals surface area contributed by atoms with Crippen LogP contribution in [0.3, 0.4) is 0 Å². The Hall–Kier alpha value is -0.610. The Morgan fingerprint density at radius 3 is 2.67 bits per heavy atom. The van der Waals surface area contributed by atoms with Crippen molar-refractivity contribution in [3.05, 3.63) is 10.6 Å². The fourth-order valence-corrected chi connectivity index (χ4v) is 2.11. The molecule has 0 bridgehead atoms. The maximum Gasteiger partial charge on any atom is 0.185 e. The lowest BCUT2D eigenvalue weighted by molar-refractivity contribution is 0.417. The number of epoxide rings is 1. The summed E-state index contributed by atoms with van der Waals surface area (Å²) in [6.45, 7) is 2.91. The van der Waals surface area contributed by atoms with Crippen molar-refractivity contribution in [2.75, 3.05) is 25.6 Å². The zero-order valence-electron chi connectivity index (χ0n) is 7.50. The van der Waals surface area contributed by atoms with Crippen LogP contribution in [0.15, 0.2) is 0 Å². The molecule has 0 aliphatic carbocycles. The van der Waals surface area contributed by atoms with Crippen LogP contribution in [0, 0.1) is 6.92 Å². The van der Waals surface area contributed by atoms with Gasteiger partial charge in [0.1, 0.15) is 6.10 Å². The quantitative estimate of drug-likeness (QED) is 0.653. The number of ether oxygens (including phenoxy) is 1. The maximum atomic E-state index is 5.22. The second kappa shape index (κ2) is 2.71. The Balaban J connectivity index is 2.30. The van der Waals surface area contributed by atoms with Crippen molar-refractivity contribution in [3.8, 4) is 0 Å². The Morgan fingerprint density at radius 2 is 2.25 bits per heavy atom. The van der Waals surface area contributed by atoms with Gasteiger partial charge in [0, 0.05) is 14.1 Å². The molecule has 1 saturated heterocycles. The van der Waals surface area contributed by atoms with E-state index in [1.54, 1.807) is 11.3 Å². The van der Waals surface area contributed by atoms with Gasteiger partial charge in [-0.15, -0.1) is 0 Å². The Labute approximate surface area is 76.0 Å². The van der Waals surface area contributed by atoms with E-state index in [4.69, 9.17) is 4.74 Å². The van der Waals surface area contributed by atoms with Crippen molar-refractivity contribution < 1.29 is 4.74 Å². The molecule has 0 spiro atoms. The third-order valence-corrected chi connectivity index (χ3v) is 3.25. The van der Waals surface area contributed by atoms with Crippen LogP contribution in [0.25, 0.3) is 0 Å². The van der Waals surface area contributed by atoms with E-state index in [2.05, 4.69) is 4.98 Å². The summed E-state index contributed by atoms with van der Waals surface area (Å²) in [4.78, 5) is 7.76. The molecule has 3 nitrogen and oxygen atoms in total. The number of hydrogen-bond acceptors (Lipinski definition) is 4. The molecule has 4 heteroatoms. The summed E-state index contributed by atoms with van der Waals surface area (Å²) in [5, 5.41) is 1.07. The Kier molecular flexibility index (Phi) is 1.81. The monoisotopic (exact) mass is 184 g/mol. The zero-order chi connectivity index (χ0) is 8.72. The first-order valence-electron chi connectivity index (χ1n) is 3.94. The summed E-state index contributed by atoms with van der Waals surface area (Å²) in [7, 11) is 4.02. The van der Waals surface area contributed by atoms with E-state index >= 15 is 0 Å². The summed E-state index contributed by atoms with van der Waals surface area (Å²) in [6.07, 6.45) is 0.344. The number of anilines is 1. The Morgan fingerprint density at radius 1 is 1.58 bits per heavy atom. The standard InChI is InChI=1S/C8H12N2OS/c1-5-7(6-4-11-6)12-8(9-5)10(2)3/h6H,4H2,1-3H3. The van der Waals surface area contributed by atoms with Crippen LogP contribution < -0.4 is 4.90 Å². The molecule has 1 aliphatic rings. The van der Waals surface area contributed by atoms with Gasteiger partial charge in [0.25, 0.3) is 0 Å². The van der Waals surface area contributed by atoms with Crippen LogP contribution in [0.4, 0.5) is 5.13 Å². The van der Waals surface area contributed by atoms with Gasteiger partial charge in [-0.05, 0) is 6.92 Å². The summed E-state index contributed by atoms with van der Waals surface area (Å²) >= 11 is 1.73. The van der Waals surface area contributed by atoms with Crippen LogP contribution in [0.2, 0.25) is 0 Å². The molecular formula is C8H12N2OS. The van der Waals surface area contributed by atoms with Gasteiger partial charge < -0.3 is 9.64 Å². The normalized spacial score (nSPS) is 21.1. The average Bonchev–Trinajstić information content (AvgIpc) is 2.75. The predicted octanol–water partition coefficient (Wildman–Crippen LogP) is 1.59. The molecule has 2 rings (SSSR count). The van der Waals surface area contributed by atoms with Crippen molar-refractivity contribution in [3.63, 3.8) is 0 Å². The summed E-state index contributed by atoms with van der Waals surface area (Å²) in [6, 6.07) is 0. The molecule has 12 heavy (non-hydrogen) atoms. The third kappa shape index (κ3) is 1.32. The highest BCUT2D eigenvalue weighted by atomic mass is 32.1. The lowest BCUT2D eigenvalue weighted by Crippen LogP contribution is -2.07. The number of hydrogen-bond donors (Lipinski definition) is 0. The highest BCUT2D eigenvalue weighted by Gasteiger charge is 2.29. The summed E-state index contributed by atoms with van der Waals surface area (Å²) in [5.74, 6) is 0. The van der Waals surface area contributed by atoms with Crippen molar-refractivity contribution in [2.24, 2.45) is 0 Å². The van der Waals surface area contributed by atoms with Gasteiger partial charge in [-0.1, -0.05) is 11.3 Å². The van der Waals surface area contributed by atoms with Crippen molar-refractivity contribution >= 4 is 16.5 Å². The van der Waals surface area contributed by atoms with Gasteiger partial charge in [0.15, 0.2) is 5.13 Å². The number of nitrogens with zero attached hydrogens (tertiary/aromatic N) is 2. The lowest BCUT2D eigenvalue weighted by Gasteiger charge is -2.04. The number of aromatic nitrogens is 1. The molecule has 0 saturated carbocycles. The molecule has 0 radical (unpaired) electrons. The second-order valence-corrected chi connectivity index (χ2v) is 4.17. The first-order valence-corrected chi connectivity index (χ1v) is 4.76. The molecule has 0 N–H and O–H groups in total. The van der Waals surface area contributed by atoms with E-state index in [-0.39, 0.29) is 0 Å². The summed E-state index contributed by atoms with van der Waals surface area (Å²) in [5.41, 5.74) is 1.12. The van der Waals surface area contributed by atoms with Crippen LogP contribution >= 0.6 is 11.3 Å². The minimum atomic E-state index is 0.344. The topological polar surface area (TPSA) is 28.7 Å². The molecule has 1 aromatic rings. The third-order valence-electron chi connectivity index (χ3n) is 1.83. The Bertz CT molecular complexity index is 291. The van der Waals surface area contributed by atoms with E-state index in [1.165, 1.54) is 4.88 Å². The van der Waals surface area contributed by atoms with Crippen molar-refractivity contribution in [1.82, 2.24) is 4.98 Å². The molecule has 1 unspecified atom stereocenters. The van der Waals surface area contributed by atoms with Gasteiger partial charge in [0.05, 0.1) is 17.2 Å². The van der Waals surface area contributed by atoms with E-state index in [0.717, 1.165) is 17.4 Å². The first kappa shape index (κ1) is 8.01. The highest BCUT2D eigenvalue weighted by Crippen LogP contribution is 2.38. The molecule has 2 heterocycles. The molecule has 1 aliphatic heterocycles. The minimum Gasteiger partial charge on any atom is -0.367 e. The van der Waals surface area contributed by atoms with Gasteiger partial charge in [0.2, 0.25) is 0 Å². The van der Waals surface area contributed by atoms with Crippen molar-refractivity contribution in [1.29, 1.82) is 0 Å². The maximum absolute atomic E-state index is 5.22. The van der Waals surface area contributed by atoms with E-state index in [1.807, 2.05) is 25.9 Å². The molecular weight excluding hydrogens is 172 g/mol. The van der Waals surface area contributed by atoms with Gasteiger partial charge >= 0.3 is 0 Å². The number of thiazole rings is 1. The van der Waals surface area contributed by atoms with Gasteiger partial charge in [-0.25, -0.2) is 4.98 Å². The van der Waals surface area contributed by atoms with E-state index in [9.17, 15) is 0 Å². The van der Waals surface area contributed by atoms with Crippen LogP contribution in [-0.4, -0.2) is 25.7 Å². The van der Waals surface area contributed by atoms with Gasteiger partial charge in [-0.3, -0.25) is 0 Å².